The fourth-order valence-electron chi connectivity index (χ4n) is 0.167. The number of aromatic nitrogens is 3. The number of aromatic amines is 1. The van der Waals surface area contributed by atoms with Crippen molar-refractivity contribution < 1.29 is 15.4 Å². The van der Waals surface area contributed by atoms with Crippen LogP contribution in [0.15, 0.2) is 12.7 Å². The van der Waals surface area contributed by atoms with Crippen LogP contribution in [0.2, 0.25) is 0 Å². The van der Waals surface area contributed by atoms with E-state index in [2.05, 4.69) is 15.2 Å². The molecule has 0 saturated heterocycles. The molecule has 8 nitrogen and oxygen atoms in total. The summed E-state index contributed by atoms with van der Waals surface area (Å²) in [4.78, 5) is 11.9. The summed E-state index contributed by atoms with van der Waals surface area (Å²) in [6, 6.07) is 0. The number of nitrogens with zero attached hydrogens (tertiary/aromatic N) is 3. The molecule has 0 bridgehead atoms. The molecule has 64 valence electrons. The van der Waals surface area contributed by atoms with E-state index in [9.17, 15) is 0 Å². The van der Waals surface area contributed by atoms with Gasteiger partial charge in [-0.1, -0.05) is 0 Å². The molecule has 0 fully saturated rings. The molecule has 0 saturated carbocycles. The summed E-state index contributed by atoms with van der Waals surface area (Å²) < 4.78 is 0. The zero-order valence-corrected chi connectivity index (χ0v) is 5.71. The summed E-state index contributed by atoms with van der Waals surface area (Å²) in [5, 5.41) is 26.6. The molecule has 0 aliphatic heterocycles. The highest BCUT2D eigenvalue weighted by Crippen LogP contribution is 1.53. The third-order valence-electron chi connectivity index (χ3n) is 0.331. The Morgan fingerprint density at radius 1 is 1.64 bits per heavy atom. The maximum Gasteiger partial charge on any atom is 0.291 e. The number of aliphatic hydroxyl groups is 1. The maximum absolute atomic E-state index is 8.36. The lowest BCUT2D eigenvalue weighted by Gasteiger charge is -1.56. The number of H-pyrrole nitrogens is 1. The molecule has 0 atom stereocenters. The van der Waals surface area contributed by atoms with Crippen molar-refractivity contribution in [3.8, 4) is 0 Å². The third kappa shape index (κ3) is 30.3. The molecule has 0 unspecified atom stereocenters. The first-order chi connectivity index (χ1) is 5.23. The summed E-state index contributed by atoms with van der Waals surface area (Å²) >= 11 is 0. The van der Waals surface area contributed by atoms with E-state index in [0.717, 1.165) is 7.11 Å². The van der Waals surface area contributed by atoms with E-state index in [-0.39, 0.29) is 0 Å². The normalized spacial score (nSPS) is 6.36. The van der Waals surface area contributed by atoms with Crippen molar-refractivity contribution in [3.05, 3.63) is 22.8 Å². The molecule has 0 spiro atoms. The van der Waals surface area contributed by atoms with Gasteiger partial charge in [-0.25, -0.2) is 4.98 Å². The van der Waals surface area contributed by atoms with E-state index in [4.69, 9.17) is 20.4 Å². The van der Waals surface area contributed by atoms with Crippen LogP contribution < -0.4 is 0 Å². The van der Waals surface area contributed by atoms with Crippen molar-refractivity contribution in [3.63, 3.8) is 0 Å². The van der Waals surface area contributed by atoms with E-state index in [1.54, 1.807) is 0 Å². The van der Waals surface area contributed by atoms with Crippen LogP contribution in [-0.2, 0) is 0 Å². The van der Waals surface area contributed by atoms with Gasteiger partial charge >= 0.3 is 0 Å². The molecule has 11 heavy (non-hydrogen) atoms. The quantitative estimate of drug-likeness (QED) is 0.336. The minimum atomic E-state index is -1.50. The van der Waals surface area contributed by atoms with Crippen LogP contribution in [0.1, 0.15) is 0 Å². The van der Waals surface area contributed by atoms with Gasteiger partial charge in [0.1, 0.15) is 12.7 Å². The lowest BCUT2D eigenvalue weighted by Crippen LogP contribution is -1.81. The summed E-state index contributed by atoms with van der Waals surface area (Å²) in [5.41, 5.74) is 0. The molecular weight excluding hydrogens is 156 g/mol. The number of hydrogen-bond donors (Lipinski definition) is 3. The van der Waals surface area contributed by atoms with Gasteiger partial charge in [0.15, 0.2) is 0 Å². The third-order valence-corrected chi connectivity index (χ3v) is 0.331. The average Bonchev–Trinajstić information content (AvgIpc) is 2.44. The molecule has 0 aromatic carbocycles. The Kier molecular flexibility index (Phi) is 12.2. The Morgan fingerprint density at radius 2 is 2.09 bits per heavy atom. The molecule has 1 aromatic heterocycles. The lowest BCUT2D eigenvalue weighted by atomic mass is 11.3. The summed E-state index contributed by atoms with van der Waals surface area (Å²) in [7, 11) is 1.00. The lowest BCUT2D eigenvalue weighted by molar-refractivity contribution is -0.742. The Labute approximate surface area is 61.6 Å². The van der Waals surface area contributed by atoms with Gasteiger partial charge in [0.2, 0.25) is 0 Å². The number of nitrogens with one attached hydrogen (secondary N) is 1. The molecule has 0 amide bonds. The number of rotatable bonds is 0. The second-order valence-electron chi connectivity index (χ2n) is 0.890. The summed E-state index contributed by atoms with van der Waals surface area (Å²) in [6.45, 7) is 0. The van der Waals surface area contributed by atoms with Crippen LogP contribution in [0, 0.1) is 10.1 Å². The first-order valence-corrected chi connectivity index (χ1v) is 2.30. The predicted molar refractivity (Wildman–Crippen MR) is 33.3 cm³/mol. The van der Waals surface area contributed by atoms with Gasteiger partial charge in [-0.3, -0.25) is 5.10 Å². The Hall–Kier alpha value is -1.70. The Balaban J connectivity index is 0. The van der Waals surface area contributed by atoms with E-state index < -0.39 is 5.09 Å². The molecule has 0 radical (unpaired) electrons. The van der Waals surface area contributed by atoms with Crippen molar-refractivity contribution in [2.45, 2.75) is 0 Å². The minimum absolute atomic E-state index is 1.00. The second-order valence-corrected chi connectivity index (χ2v) is 0.890. The zero-order chi connectivity index (χ0) is 9.11. The van der Waals surface area contributed by atoms with Gasteiger partial charge < -0.3 is 10.3 Å². The van der Waals surface area contributed by atoms with E-state index >= 15 is 0 Å². The van der Waals surface area contributed by atoms with Crippen LogP contribution in [0.4, 0.5) is 0 Å². The molecule has 1 heterocycles. The average molecular weight is 164 g/mol. The van der Waals surface area contributed by atoms with Gasteiger partial charge in [0, 0.05) is 7.11 Å². The number of aliphatic hydroxyl groups excluding tert-OH is 1. The van der Waals surface area contributed by atoms with E-state index in [1.165, 1.54) is 12.7 Å². The molecule has 3 N–H and O–H groups in total. The standard InChI is InChI=1S/C2H3N3.CH4O.HNO3/c1-3-2-5-4-1;1-2;2-1(3)4/h1-2H,(H,3,4,5);2H,1H3;(H,2,3,4). The largest absolute Gasteiger partial charge is 0.400 e. The predicted octanol–water partition coefficient (Wildman–Crippen LogP) is -0.935. The topological polar surface area (TPSA) is 125 Å². The van der Waals surface area contributed by atoms with Gasteiger partial charge in [0.25, 0.3) is 5.09 Å². The summed E-state index contributed by atoms with van der Waals surface area (Å²) in [5.74, 6) is 0. The van der Waals surface area contributed by atoms with Gasteiger partial charge in [-0.05, 0) is 0 Å². The fourth-order valence-corrected chi connectivity index (χ4v) is 0.167. The van der Waals surface area contributed by atoms with Crippen LogP contribution in [0.3, 0.4) is 0 Å². The highest BCUT2D eigenvalue weighted by molar-refractivity contribution is 4.43. The van der Waals surface area contributed by atoms with Crippen molar-refractivity contribution in [2.24, 2.45) is 0 Å². The minimum Gasteiger partial charge on any atom is -0.400 e. The first-order valence-electron chi connectivity index (χ1n) is 2.30. The van der Waals surface area contributed by atoms with Crippen LogP contribution in [-0.4, -0.2) is 37.7 Å². The molecule has 0 aliphatic carbocycles. The molecule has 1 rings (SSSR count). The molecular formula is C3H8N4O4. The van der Waals surface area contributed by atoms with Crippen molar-refractivity contribution in [1.29, 1.82) is 0 Å². The van der Waals surface area contributed by atoms with Gasteiger partial charge in [-0.15, -0.1) is 10.1 Å². The van der Waals surface area contributed by atoms with Crippen LogP contribution in [0.5, 0.6) is 0 Å². The Morgan fingerprint density at radius 3 is 2.18 bits per heavy atom. The van der Waals surface area contributed by atoms with Crippen molar-refractivity contribution >= 4 is 0 Å². The Bertz CT molecular complexity index is 131. The van der Waals surface area contributed by atoms with Gasteiger partial charge in [-0.2, -0.15) is 5.10 Å². The first kappa shape index (κ1) is 12.0. The van der Waals surface area contributed by atoms with E-state index in [0.29, 0.717) is 0 Å². The number of hydrogen-bond acceptors (Lipinski definition) is 5. The van der Waals surface area contributed by atoms with Gasteiger partial charge in [0.05, 0.1) is 0 Å². The van der Waals surface area contributed by atoms with Crippen LogP contribution in [0.25, 0.3) is 0 Å². The highest BCUT2D eigenvalue weighted by Gasteiger charge is 1.65. The maximum atomic E-state index is 8.36. The highest BCUT2D eigenvalue weighted by atomic mass is 16.9. The smallest absolute Gasteiger partial charge is 0.291 e. The summed E-state index contributed by atoms with van der Waals surface area (Å²) in [6.07, 6.45) is 2.96. The fraction of sp³-hybridized carbons (Fsp3) is 0.333. The van der Waals surface area contributed by atoms with Crippen LogP contribution >= 0.6 is 0 Å². The van der Waals surface area contributed by atoms with Crippen molar-refractivity contribution in [1.82, 2.24) is 15.2 Å². The SMILES string of the molecule is CO.O=[N+]([O-])O.c1nc[nH]n1. The zero-order valence-electron chi connectivity index (χ0n) is 5.71. The van der Waals surface area contributed by atoms with E-state index in [1.807, 2.05) is 0 Å². The molecule has 1 aromatic rings. The molecule has 0 aliphatic rings. The monoisotopic (exact) mass is 164 g/mol. The second kappa shape index (κ2) is 11.1. The molecule has 8 heteroatoms. The van der Waals surface area contributed by atoms with Crippen molar-refractivity contribution in [2.75, 3.05) is 7.11 Å².